The zero-order valence-corrected chi connectivity index (χ0v) is 23.3. The van der Waals surface area contributed by atoms with Gasteiger partial charge in [-0.3, -0.25) is 4.79 Å². The number of fused-ring (bicyclic) bond motifs is 1. The summed E-state index contributed by atoms with van der Waals surface area (Å²) in [6.45, 7) is 6.68. The summed E-state index contributed by atoms with van der Waals surface area (Å²) in [5.74, 6) is 2.72. The highest BCUT2D eigenvalue weighted by molar-refractivity contribution is 5.95. The maximum atomic E-state index is 13.3. The summed E-state index contributed by atoms with van der Waals surface area (Å²) in [5.41, 5.74) is 10.5. The van der Waals surface area contributed by atoms with Gasteiger partial charge >= 0.3 is 0 Å². The molecule has 4 aliphatic heterocycles. The number of nitrogens with zero attached hydrogens (tertiary/aromatic N) is 9. The van der Waals surface area contributed by atoms with E-state index < -0.39 is 0 Å². The molecule has 0 spiro atoms. The standard InChI is InChI=1S/C29H33N11O2/c30-27-33-18-21(19-34-27)24-23-6-9-40(25(23)36-29(35-24)39-14-16-42-17-15-39)22-4-2-20(3-5-22)26(41)37-10-12-38(13-11-37)28-31-7-1-8-32-28/h1-5,7-8,18H,6,9-17,19H2,(H3,30,33,34). The molecule has 2 aromatic heterocycles. The number of aliphatic imine (C=N–C) groups is 1. The van der Waals surface area contributed by atoms with Gasteiger partial charge in [-0.15, -0.1) is 0 Å². The highest BCUT2D eigenvalue weighted by Gasteiger charge is 2.30. The topological polar surface area (TPSA) is 141 Å². The van der Waals surface area contributed by atoms with Crippen LogP contribution in [0.4, 0.5) is 23.4 Å². The Morgan fingerprint density at radius 1 is 0.881 bits per heavy atom. The molecule has 0 aliphatic carbocycles. The van der Waals surface area contributed by atoms with Gasteiger partial charge in [0.2, 0.25) is 11.9 Å². The van der Waals surface area contributed by atoms with E-state index in [1.165, 1.54) is 0 Å². The summed E-state index contributed by atoms with van der Waals surface area (Å²) < 4.78 is 5.56. The van der Waals surface area contributed by atoms with Crippen molar-refractivity contribution in [1.82, 2.24) is 30.2 Å². The molecule has 0 atom stereocenters. The number of anilines is 4. The van der Waals surface area contributed by atoms with Crippen molar-refractivity contribution < 1.29 is 9.53 Å². The average Bonchev–Trinajstić information content (AvgIpc) is 3.49. The van der Waals surface area contributed by atoms with Crippen LogP contribution in [0.2, 0.25) is 0 Å². The molecule has 0 saturated carbocycles. The molecule has 0 unspecified atom stereocenters. The molecule has 0 radical (unpaired) electrons. The quantitative estimate of drug-likeness (QED) is 0.456. The Labute approximate surface area is 243 Å². The van der Waals surface area contributed by atoms with Crippen LogP contribution < -0.4 is 25.8 Å². The van der Waals surface area contributed by atoms with Gasteiger partial charge in [0, 0.05) is 86.8 Å². The molecule has 3 aromatic rings. The minimum atomic E-state index is 0.0350. The van der Waals surface area contributed by atoms with Crippen molar-refractivity contribution in [3.05, 3.63) is 65.7 Å². The zero-order chi connectivity index (χ0) is 28.5. The Morgan fingerprint density at radius 3 is 2.33 bits per heavy atom. The summed E-state index contributed by atoms with van der Waals surface area (Å²) >= 11 is 0. The maximum absolute atomic E-state index is 13.3. The number of amides is 1. The molecule has 3 N–H and O–H groups in total. The normalized spacial score (nSPS) is 18.8. The van der Waals surface area contributed by atoms with Crippen LogP contribution in [0, 0.1) is 0 Å². The second-order valence-electron chi connectivity index (χ2n) is 10.6. The van der Waals surface area contributed by atoms with E-state index in [0.717, 1.165) is 54.4 Å². The minimum absolute atomic E-state index is 0.0350. The van der Waals surface area contributed by atoms with Crippen molar-refractivity contribution in [3.8, 4) is 0 Å². The van der Waals surface area contributed by atoms with Gasteiger partial charge in [0.1, 0.15) is 5.82 Å². The third-order valence-electron chi connectivity index (χ3n) is 8.05. The number of nitrogens with one attached hydrogen (secondary N) is 1. The monoisotopic (exact) mass is 567 g/mol. The summed E-state index contributed by atoms with van der Waals surface area (Å²) in [6, 6.07) is 9.66. The number of ether oxygens (including phenoxy) is 1. The number of aromatic nitrogens is 4. The van der Waals surface area contributed by atoms with Crippen molar-refractivity contribution in [2.24, 2.45) is 10.7 Å². The second kappa shape index (κ2) is 11.2. The molecule has 216 valence electrons. The number of piperazine rings is 1. The number of morpholine rings is 1. The second-order valence-corrected chi connectivity index (χ2v) is 10.6. The first-order chi connectivity index (χ1) is 20.6. The smallest absolute Gasteiger partial charge is 0.253 e. The molecule has 7 rings (SSSR count). The van der Waals surface area contributed by atoms with Crippen LogP contribution in [0.15, 0.2) is 53.9 Å². The van der Waals surface area contributed by atoms with Crippen molar-refractivity contribution in [2.75, 3.05) is 80.3 Å². The number of benzene rings is 1. The third-order valence-corrected chi connectivity index (χ3v) is 8.05. The molecule has 6 heterocycles. The van der Waals surface area contributed by atoms with Crippen molar-refractivity contribution in [2.45, 2.75) is 6.42 Å². The summed E-state index contributed by atoms with van der Waals surface area (Å²) in [6.07, 6.45) is 6.18. The Balaban J connectivity index is 1.11. The van der Waals surface area contributed by atoms with E-state index >= 15 is 0 Å². The lowest BCUT2D eigenvalue weighted by atomic mass is 10.1. The highest BCUT2D eigenvalue weighted by Crippen LogP contribution is 2.38. The predicted octanol–water partition coefficient (Wildman–Crippen LogP) is 1.02. The van der Waals surface area contributed by atoms with Crippen LogP contribution in [0.5, 0.6) is 0 Å². The number of carbonyl (C=O) groups excluding carboxylic acids is 1. The van der Waals surface area contributed by atoms with Crippen LogP contribution in [0.25, 0.3) is 5.57 Å². The highest BCUT2D eigenvalue weighted by atomic mass is 16.5. The Hall–Kier alpha value is -4.78. The van der Waals surface area contributed by atoms with Crippen LogP contribution in [-0.4, -0.2) is 102 Å². The molecular formula is C29H33N11O2. The number of nitrogens with two attached hydrogens (primary N) is 1. The van der Waals surface area contributed by atoms with Gasteiger partial charge in [0.15, 0.2) is 5.96 Å². The number of rotatable bonds is 5. The van der Waals surface area contributed by atoms with Gasteiger partial charge in [-0.05, 0) is 36.8 Å². The van der Waals surface area contributed by atoms with E-state index in [0.29, 0.717) is 69.4 Å². The van der Waals surface area contributed by atoms with Crippen LogP contribution in [0.3, 0.4) is 0 Å². The Kier molecular flexibility index (Phi) is 7.00. The summed E-state index contributed by atoms with van der Waals surface area (Å²) in [4.78, 5) is 44.8. The molecule has 0 bridgehead atoms. The molecule has 1 amide bonds. The first kappa shape index (κ1) is 26.1. The van der Waals surface area contributed by atoms with Gasteiger partial charge < -0.3 is 35.4 Å². The lowest BCUT2D eigenvalue weighted by molar-refractivity contribution is 0.0746. The summed E-state index contributed by atoms with van der Waals surface area (Å²) in [5, 5.41) is 3.03. The molecule has 13 nitrogen and oxygen atoms in total. The first-order valence-corrected chi connectivity index (χ1v) is 14.3. The summed E-state index contributed by atoms with van der Waals surface area (Å²) in [7, 11) is 0. The van der Waals surface area contributed by atoms with E-state index in [-0.39, 0.29) is 5.91 Å². The molecular weight excluding hydrogens is 534 g/mol. The van der Waals surface area contributed by atoms with Crippen molar-refractivity contribution >= 4 is 40.8 Å². The Morgan fingerprint density at radius 2 is 1.62 bits per heavy atom. The molecule has 42 heavy (non-hydrogen) atoms. The van der Waals surface area contributed by atoms with E-state index in [4.69, 9.17) is 20.4 Å². The predicted molar refractivity (Wildman–Crippen MR) is 160 cm³/mol. The SMILES string of the molecule is NC1=NCC(c2nc(N3CCOCC3)nc3c2CCN3c2ccc(C(=O)N3CCN(c4ncccn4)CC3)cc2)=CN1. The number of hydrogen-bond acceptors (Lipinski definition) is 12. The average molecular weight is 568 g/mol. The minimum Gasteiger partial charge on any atom is -0.378 e. The third kappa shape index (κ3) is 5.07. The molecule has 2 saturated heterocycles. The van der Waals surface area contributed by atoms with Gasteiger partial charge in [-0.1, -0.05) is 0 Å². The lowest BCUT2D eigenvalue weighted by Gasteiger charge is -2.34. The van der Waals surface area contributed by atoms with Crippen LogP contribution in [0.1, 0.15) is 21.6 Å². The number of hydrogen-bond donors (Lipinski definition) is 2. The molecule has 1 aromatic carbocycles. The van der Waals surface area contributed by atoms with Gasteiger partial charge in [0.25, 0.3) is 5.91 Å². The van der Waals surface area contributed by atoms with E-state index in [9.17, 15) is 4.79 Å². The zero-order valence-electron chi connectivity index (χ0n) is 23.3. The van der Waals surface area contributed by atoms with Crippen LogP contribution in [-0.2, 0) is 11.2 Å². The fourth-order valence-electron chi connectivity index (χ4n) is 5.76. The number of guanidine groups is 1. The first-order valence-electron chi connectivity index (χ1n) is 14.3. The fourth-order valence-corrected chi connectivity index (χ4v) is 5.76. The molecule has 2 fully saturated rings. The number of carbonyl (C=O) groups is 1. The van der Waals surface area contributed by atoms with Gasteiger partial charge in [-0.2, -0.15) is 4.98 Å². The molecule has 13 heteroatoms. The fraction of sp³-hybridized carbons (Fsp3) is 0.379. The van der Waals surface area contributed by atoms with E-state index in [1.807, 2.05) is 35.4 Å². The van der Waals surface area contributed by atoms with Gasteiger partial charge in [0.05, 0.1) is 25.5 Å². The van der Waals surface area contributed by atoms with Crippen molar-refractivity contribution in [3.63, 3.8) is 0 Å². The van der Waals surface area contributed by atoms with Crippen molar-refractivity contribution in [1.29, 1.82) is 0 Å². The lowest BCUT2D eigenvalue weighted by Crippen LogP contribution is -2.49. The largest absolute Gasteiger partial charge is 0.378 e. The van der Waals surface area contributed by atoms with Gasteiger partial charge in [-0.25, -0.2) is 19.9 Å². The van der Waals surface area contributed by atoms with E-state index in [2.05, 4.69) is 35.0 Å². The van der Waals surface area contributed by atoms with Crippen LogP contribution >= 0.6 is 0 Å². The molecule has 4 aliphatic rings. The maximum Gasteiger partial charge on any atom is 0.253 e. The Bertz CT molecular complexity index is 1510. The van der Waals surface area contributed by atoms with E-state index in [1.54, 1.807) is 18.5 Å².